The van der Waals surface area contributed by atoms with Crippen molar-refractivity contribution in [2.45, 2.75) is 18.8 Å². The van der Waals surface area contributed by atoms with Crippen LogP contribution in [0.5, 0.6) is 0 Å². The summed E-state index contributed by atoms with van der Waals surface area (Å²) >= 11 is 0. The molecule has 0 aromatic carbocycles. The Hall–Kier alpha value is -3.16. The molecule has 0 saturated carbocycles. The van der Waals surface area contributed by atoms with Crippen molar-refractivity contribution in [3.8, 4) is 11.4 Å². The first kappa shape index (κ1) is 16.3. The van der Waals surface area contributed by atoms with Gasteiger partial charge in [-0.2, -0.15) is 0 Å². The summed E-state index contributed by atoms with van der Waals surface area (Å²) in [7, 11) is 1.93. The Morgan fingerprint density at radius 3 is 2.81 bits per heavy atom. The van der Waals surface area contributed by atoms with Crippen LogP contribution < -0.4 is 0 Å². The third-order valence-electron chi connectivity index (χ3n) is 4.64. The third kappa shape index (κ3) is 3.17. The topological polar surface area (TPSA) is 89.7 Å². The molecule has 1 aliphatic heterocycles. The maximum atomic E-state index is 12.7. The highest BCUT2D eigenvalue weighted by Crippen LogP contribution is 2.27. The standard InChI is InChI=1S/C18H19N7O/c1-24-12-21-10-17(24)15-8-20-7-14(23-15)13-3-2-6-25(11-13)18(26)16-9-19-4-5-22-16/h4-5,7-10,12-13H,2-3,6,11H2,1H3/t13-/m1/s1. The van der Waals surface area contributed by atoms with E-state index in [9.17, 15) is 4.79 Å². The van der Waals surface area contributed by atoms with Crippen LogP contribution in [0.15, 0.2) is 43.5 Å². The molecule has 0 spiro atoms. The highest BCUT2D eigenvalue weighted by molar-refractivity contribution is 5.92. The summed E-state index contributed by atoms with van der Waals surface area (Å²) in [4.78, 5) is 35.9. The molecule has 3 aromatic rings. The molecule has 0 N–H and O–H groups in total. The normalized spacial score (nSPS) is 17.3. The number of amides is 1. The van der Waals surface area contributed by atoms with Crippen LogP contribution in [0.4, 0.5) is 0 Å². The first-order valence-electron chi connectivity index (χ1n) is 8.56. The fraction of sp³-hybridized carbons (Fsp3) is 0.333. The molecular formula is C18H19N7O. The number of aryl methyl sites for hydroxylation is 1. The quantitative estimate of drug-likeness (QED) is 0.715. The zero-order chi connectivity index (χ0) is 17.9. The molecular weight excluding hydrogens is 330 g/mol. The minimum absolute atomic E-state index is 0.0847. The largest absolute Gasteiger partial charge is 0.337 e. The van der Waals surface area contributed by atoms with Crippen LogP contribution in [-0.2, 0) is 7.05 Å². The number of aromatic nitrogens is 6. The summed E-state index contributed by atoms with van der Waals surface area (Å²) in [6.07, 6.45) is 13.6. The van der Waals surface area contributed by atoms with Crippen molar-refractivity contribution in [2.75, 3.05) is 13.1 Å². The van der Waals surface area contributed by atoms with Crippen LogP contribution in [0.1, 0.15) is 34.9 Å². The van der Waals surface area contributed by atoms with E-state index in [2.05, 4.69) is 19.9 Å². The summed E-state index contributed by atoms with van der Waals surface area (Å²) in [5.41, 5.74) is 2.99. The van der Waals surface area contributed by atoms with Crippen LogP contribution in [0.25, 0.3) is 11.4 Å². The number of rotatable bonds is 3. The Labute approximate surface area is 151 Å². The number of hydrogen-bond acceptors (Lipinski definition) is 6. The average molecular weight is 349 g/mol. The van der Waals surface area contributed by atoms with Gasteiger partial charge in [0.2, 0.25) is 0 Å². The fourth-order valence-electron chi connectivity index (χ4n) is 3.28. The van der Waals surface area contributed by atoms with Crippen molar-refractivity contribution < 1.29 is 4.79 Å². The second kappa shape index (κ2) is 6.99. The first-order chi connectivity index (χ1) is 12.7. The molecule has 4 rings (SSSR count). The van der Waals surface area contributed by atoms with Crippen LogP contribution in [-0.4, -0.2) is 53.4 Å². The zero-order valence-corrected chi connectivity index (χ0v) is 14.5. The van der Waals surface area contributed by atoms with E-state index in [0.29, 0.717) is 12.2 Å². The van der Waals surface area contributed by atoms with Crippen molar-refractivity contribution in [3.05, 3.63) is 54.9 Å². The molecule has 0 unspecified atom stereocenters. The van der Waals surface area contributed by atoms with E-state index in [1.807, 2.05) is 16.5 Å². The van der Waals surface area contributed by atoms with E-state index < -0.39 is 0 Å². The molecule has 0 aliphatic carbocycles. The number of piperidine rings is 1. The van der Waals surface area contributed by atoms with Gasteiger partial charge in [0.25, 0.3) is 5.91 Å². The molecule has 8 heteroatoms. The number of nitrogens with zero attached hydrogens (tertiary/aromatic N) is 7. The van der Waals surface area contributed by atoms with Gasteiger partial charge in [0.05, 0.1) is 36.3 Å². The number of carbonyl (C=O) groups is 1. The molecule has 1 aliphatic rings. The predicted molar refractivity (Wildman–Crippen MR) is 94.1 cm³/mol. The van der Waals surface area contributed by atoms with Gasteiger partial charge in [-0.1, -0.05) is 0 Å². The van der Waals surface area contributed by atoms with E-state index in [1.54, 1.807) is 31.1 Å². The maximum absolute atomic E-state index is 12.7. The summed E-state index contributed by atoms with van der Waals surface area (Å²) in [6, 6.07) is 0. The lowest BCUT2D eigenvalue weighted by Crippen LogP contribution is -2.39. The molecule has 0 radical (unpaired) electrons. The smallest absolute Gasteiger partial charge is 0.274 e. The van der Waals surface area contributed by atoms with Crippen LogP contribution in [0.3, 0.4) is 0 Å². The number of carbonyl (C=O) groups excluding carboxylic acids is 1. The van der Waals surface area contributed by atoms with Crippen molar-refractivity contribution in [1.82, 2.24) is 34.4 Å². The SMILES string of the molecule is Cn1cncc1-c1cncc([C@@H]2CCCN(C(=O)c3cnccn3)C2)n1. The Morgan fingerprint density at radius 2 is 2.04 bits per heavy atom. The van der Waals surface area contributed by atoms with Gasteiger partial charge in [0.1, 0.15) is 11.4 Å². The van der Waals surface area contributed by atoms with Crippen molar-refractivity contribution in [3.63, 3.8) is 0 Å². The van der Waals surface area contributed by atoms with Gasteiger partial charge in [-0.25, -0.2) is 15.0 Å². The van der Waals surface area contributed by atoms with E-state index in [1.165, 1.54) is 12.4 Å². The lowest BCUT2D eigenvalue weighted by atomic mass is 9.94. The van der Waals surface area contributed by atoms with Crippen molar-refractivity contribution in [2.24, 2.45) is 7.05 Å². The molecule has 1 atom stereocenters. The minimum atomic E-state index is -0.0847. The number of imidazole rings is 1. The molecule has 132 valence electrons. The molecule has 0 bridgehead atoms. The molecule has 1 fully saturated rings. The van der Waals surface area contributed by atoms with Gasteiger partial charge < -0.3 is 9.47 Å². The molecule has 4 heterocycles. The average Bonchev–Trinajstić information content (AvgIpc) is 3.14. The van der Waals surface area contributed by atoms with Gasteiger partial charge in [0, 0.05) is 44.6 Å². The van der Waals surface area contributed by atoms with Gasteiger partial charge >= 0.3 is 0 Å². The molecule has 3 aromatic heterocycles. The highest BCUT2D eigenvalue weighted by atomic mass is 16.2. The van der Waals surface area contributed by atoms with E-state index in [4.69, 9.17) is 4.98 Å². The Kier molecular flexibility index (Phi) is 4.39. The third-order valence-corrected chi connectivity index (χ3v) is 4.64. The number of likely N-dealkylation sites (tertiary alicyclic amines) is 1. The van der Waals surface area contributed by atoms with Gasteiger partial charge in [-0.05, 0) is 12.8 Å². The lowest BCUT2D eigenvalue weighted by Gasteiger charge is -2.32. The predicted octanol–water partition coefficient (Wildman–Crippen LogP) is 1.69. The first-order valence-corrected chi connectivity index (χ1v) is 8.56. The van der Waals surface area contributed by atoms with Gasteiger partial charge in [0.15, 0.2) is 0 Å². The zero-order valence-electron chi connectivity index (χ0n) is 14.5. The molecule has 8 nitrogen and oxygen atoms in total. The summed E-state index contributed by atoms with van der Waals surface area (Å²) in [6.45, 7) is 1.33. The summed E-state index contributed by atoms with van der Waals surface area (Å²) < 4.78 is 1.92. The number of hydrogen-bond donors (Lipinski definition) is 0. The van der Waals surface area contributed by atoms with Crippen LogP contribution >= 0.6 is 0 Å². The Balaban J connectivity index is 1.55. The lowest BCUT2D eigenvalue weighted by molar-refractivity contribution is 0.0699. The minimum Gasteiger partial charge on any atom is -0.337 e. The van der Waals surface area contributed by atoms with Crippen molar-refractivity contribution >= 4 is 5.91 Å². The second-order valence-electron chi connectivity index (χ2n) is 6.40. The second-order valence-corrected chi connectivity index (χ2v) is 6.40. The monoisotopic (exact) mass is 349 g/mol. The van der Waals surface area contributed by atoms with Gasteiger partial charge in [-0.3, -0.25) is 14.8 Å². The Bertz CT molecular complexity index is 909. The summed E-state index contributed by atoms with van der Waals surface area (Å²) in [5.74, 6) is 0.0728. The van der Waals surface area contributed by atoms with Crippen LogP contribution in [0, 0.1) is 0 Å². The molecule has 1 amide bonds. The van der Waals surface area contributed by atoms with E-state index >= 15 is 0 Å². The maximum Gasteiger partial charge on any atom is 0.274 e. The molecule has 1 saturated heterocycles. The Morgan fingerprint density at radius 1 is 1.12 bits per heavy atom. The highest BCUT2D eigenvalue weighted by Gasteiger charge is 2.27. The van der Waals surface area contributed by atoms with Crippen LogP contribution in [0.2, 0.25) is 0 Å². The van der Waals surface area contributed by atoms with E-state index in [0.717, 1.165) is 36.5 Å². The van der Waals surface area contributed by atoms with E-state index in [-0.39, 0.29) is 11.8 Å². The van der Waals surface area contributed by atoms with Crippen molar-refractivity contribution in [1.29, 1.82) is 0 Å². The van der Waals surface area contributed by atoms with Gasteiger partial charge in [-0.15, -0.1) is 0 Å². The fourth-order valence-corrected chi connectivity index (χ4v) is 3.28. The summed E-state index contributed by atoms with van der Waals surface area (Å²) in [5, 5.41) is 0. The molecule has 26 heavy (non-hydrogen) atoms.